The first-order valence-corrected chi connectivity index (χ1v) is 9.03. The number of halogens is 1. The van der Waals surface area contributed by atoms with E-state index in [-0.39, 0.29) is 11.7 Å². The summed E-state index contributed by atoms with van der Waals surface area (Å²) < 4.78 is 13.9. The Morgan fingerprint density at radius 1 is 1.12 bits per heavy atom. The highest BCUT2D eigenvalue weighted by Crippen LogP contribution is 2.22. The standard InChI is InChI=1S/C20H25FN4O/c1-15(2)13-20(26)23-16-7-8-19(22-14-16)25-11-9-24(10-12-25)18-6-4-3-5-17(18)21/h3-8,14-15H,9-13H2,1-2H3,(H,23,26). The fourth-order valence-corrected chi connectivity index (χ4v) is 3.11. The Bertz CT molecular complexity index is 740. The number of carbonyl (C=O) groups excluding carboxylic acids is 1. The van der Waals surface area contributed by atoms with Crippen LogP contribution in [0.3, 0.4) is 0 Å². The van der Waals surface area contributed by atoms with Crippen LogP contribution in [0.2, 0.25) is 0 Å². The second-order valence-electron chi connectivity index (χ2n) is 6.98. The molecule has 1 aliphatic heterocycles. The van der Waals surface area contributed by atoms with Crippen molar-refractivity contribution in [3.63, 3.8) is 0 Å². The number of carbonyl (C=O) groups is 1. The van der Waals surface area contributed by atoms with Crippen LogP contribution in [0.25, 0.3) is 0 Å². The second kappa shape index (κ2) is 8.17. The molecule has 0 unspecified atom stereocenters. The Kier molecular flexibility index (Phi) is 5.71. The van der Waals surface area contributed by atoms with Crippen molar-refractivity contribution in [3.8, 4) is 0 Å². The predicted octanol–water partition coefficient (Wildman–Crippen LogP) is 3.53. The van der Waals surface area contributed by atoms with Crippen LogP contribution in [0.1, 0.15) is 20.3 Å². The Balaban J connectivity index is 1.56. The number of hydrogen-bond donors (Lipinski definition) is 1. The van der Waals surface area contributed by atoms with Gasteiger partial charge in [-0.15, -0.1) is 0 Å². The van der Waals surface area contributed by atoms with E-state index in [4.69, 9.17) is 0 Å². The molecule has 1 amide bonds. The number of amides is 1. The van der Waals surface area contributed by atoms with Crippen LogP contribution in [-0.2, 0) is 4.79 Å². The topological polar surface area (TPSA) is 48.5 Å². The predicted molar refractivity (Wildman–Crippen MR) is 103 cm³/mol. The van der Waals surface area contributed by atoms with Crippen LogP contribution in [0.15, 0.2) is 42.6 Å². The number of aromatic nitrogens is 1. The van der Waals surface area contributed by atoms with Gasteiger partial charge in [-0.1, -0.05) is 26.0 Å². The minimum atomic E-state index is -0.180. The highest BCUT2D eigenvalue weighted by molar-refractivity contribution is 5.90. The van der Waals surface area contributed by atoms with E-state index in [1.165, 1.54) is 6.07 Å². The number of hydrogen-bond acceptors (Lipinski definition) is 4. The molecule has 2 aromatic rings. The van der Waals surface area contributed by atoms with E-state index in [1.807, 2.05) is 38.1 Å². The van der Waals surface area contributed by atoms with Crippen LogP contribution in [-0.4, -0.2) is 37.1 Å². The quantitative estimate of drug-likeness (QED) is 0.890. The average Bonchev–Trinajstić information content (AvgIpc) is 2.62. The Morgan fingerprint density at radius 2 is 1.81 bits per heavy atom. The van der Waals surface area contributed by atoms with Crippen molar-refractivity contribution in [2.24, 2.45) is 5.92 Å². The van der Waals surface area contributed by atoms with Gasteiger partial charge in [0.05, 0.1) is 17.6 Å². The monoisotopic (exact) mass is 356 g/mol. The van der Waals surface area contributed by atoms with Crippen molar-refractivity contribution in [2.45, 2.75) is 20.3 Å². The van der Waals surface area contributed by atoms with Gasteiger partial charge in [0.2, 0.25) is 5.91 Å². The average molecular weight is 356 g/mol. The van der Waals surface area contributed by atoms with Crippen LogP contribution in [0.4, 0.5) is 21.6 Å². The van der Waals surface area contributed by atoms with E-state index in [0.717, 1.165) is 32.0 Å². The highest BCUT2D eigenvalue weighted by Gasteiger charge is 2.20. The third kappa shape index (κ3) is 4.50. The van der Waals surface area contributed by atoms with Gasteiger partial charge >= 0.3 is 0 Å². The minimum absolute atomic E-state index is 0.00746. The van der Waals surface area contributed by atoms with Gasteiger partial charge in [-0.3, -0.25) is 4.79 Å². The SMILES string of the molecule is CC(C)CC(=O)Nc1ccc(N2CCN(c3ccccc3F)CC2)nc1. The summed E-state index contributed by atoms with van der Waals surface area (Å²) in [5.74, 6) is 1.03. The van der Waals surface area contributed by atoms with Gasteiger partial charge in [-0.05, 0) is 30.2 Å². The Hall–Kier alpha value is -2.63. The first kappa shape index (κ1) is 18.2. The van der Waals surface area contributed by atoms with Gasteiger partial charge < -0.3 is 15.1 Å². The van der Waals surface area contributed by atoms with Crippen LogP contribution >= 0.6 is 0 Å². The number of para-hydroxylation sites is 1. The largest absolute Gasteiger partial charge is 0.366 e. The number of rotatable bonds is 5. The van der Waals surface area contributed by atoms with E-state index in [1.54, 1.807) is 12.3 Å². The summed E-state index contributed by atoms with van der Waals surface area (Å²) in [5.41, 5.74) is 1.37. The van der Waals surface area contributed by atoms with Crippen molar-refractivity contribution in [3.05, 3.63) is 48.4 Å². The van der Waals surface area contributed by atoms with Crippen molar-refractivity contribution in [2.75, 3.05) is 41.3 Å². The molecule has 1 aliphatic rings. The summed E-state index contributed by atoms with van der Waals surface area (Å²) >= 11 is 0. The summed E-state index contributed by atoms with van der Waals surface area (Å²) in [6, 6.07) is 10.7. The van der Waals surface area contributed by atoms with Crippen molar-refractivity contribution < 1.29 is 9.18 Å². The number of nitrogens with zero attached hydrogens (tertiary/aromatic N) is 3. The molecular formula is C20H25FN4O. The van der Waals surface area contributed by atoms with Gasteiger partial charge in [0, 0.05) is 32.6 Å². The second-order valence-corrected chi connectivity index (χ2v) is 6.98. The summed E-state index contributed by atoms with van der Waals surface area (Å²) in [7, 11) is 0. The van der Waals surface area contributed by atoms with E-state index in [2.05, 4.69) is 20.1 Å². The number of benzene rings is 1. The number of pyridine rings is 1. The number of piperazine rings is 1. The maximum atomic E-state index is 13.9. The summed E-state index contributed by atoms with van der Waals surface area (Å²) in [6.07, 6.45) is 2.19. The molecule has 1 aromatic heterocycles. The first-order valence-electron chi connectivity index (χ1n) is 9.03. The lowest BCUT2D eigenvalue weighted by atomic mass is 10.1. The van der Waals surface area contributed by atoms with Gasteiger partial charge in [0.25, 0.3) is 0 Å². The minimum Gasteiger partial charge on any atom is -0.366 e. The third-order valence-corrected chi connectivity index (χ3v) is 4.42. The summed E-state index contributed by atoms with van der Waals surface area (Å²) in [4.78, 5) is 20.5. The zero-order valence-electron chi connectivity index (χ0n) is 15.3. The lowest BCUT2D eigenvalue weighted by Crippen LogP contribution is -2.47. The lowest BCUT2D eigenvalue weighted by Gasteiger charge is -2.36. The molecule has 1 saturated heterocycles. The molecular weight excluding hydrogens is 331 g/mol. The van der Waals surface area contributed by atoms with E-state index in [0.29, 0.717) is 23.7 Å². The zero-order valence-corrected chi connectivity index (χ0v) is 15.3. The molecule has 3 rings (SSSR count). The van der Waals surface area contributed by atoms with Crippen LogP contribution in [0, 0.1) is 11.7 Å². The van der Waals surface area contributed by atoms with Crippen LogP contribution in [0.5, 0.6) is 0 Å². The van der Waals surface area contributed by atoms with Gasteiger partial charge in [0.15, 0.2) is 0 Å². The molecule has 6 heteroatoms. The number of nitrogens with one attached hydrogen (secondary N) is 1. The molecule has 1 fully saturated rings. The molecule has 5 nitrogen and oxygen atoms in total. The first-order chi connectivity index (χ1) is 12.5. The van der Waals surface area contributed by atoms with Crippen molar-refractivity contribution >= 4 is 23.1 Å². The molecule has 1 N–H and O–H groups in total. The Labute approximate surface area is 153 Å². The molecule has 2 heterocycles. The smallest absolute Gasteiger partial charge is 0.224 e. The van der Waals surface area contributed by atoms with Crippen LogP contribution < -0.4 is 15.1 Å². The molecule has 0 saturated carbocycles. The zero-order chi connectivity index (χ0) is 18.5. The molecule has 0 atom stereocenters. The molecule has 26 heavy (non-hydrogen) atoms. The van der Waals surface area contributed by atoms with Crippen molar-refractivity contribution in [1.82, 2.24) is 4.98 Å². The summed E-state index contributed by atoms with van der Waals surface area (Å²) in [5, 5.41) is 2.87. The Morgan fingerprint density at radius 3 is 2.42 bits per heavy atom. The van der Waals surface area contributed by atoms with Gasteiger partial charge in [-0.25, -0.2) is 9.37 Å². The van der Waals surface area contributed by atoms with E-state index >= 15 is 0 Å². The normalized spacial score (nSPS) is 14.6. The fraction of sp³-hybridized carbons (Fsp3) is 0.400. The molecule has 0 spiro atoms. The van der Waals surface area contributed by atoms with E-state index < -0.39 is 0 Å². The number of anilines is 3. The third-order valence-electron chi connectivity index (χ3n) is 4.42. The molecule has 1 aromatic carbocycles. The maximum Gasteiger partial charge on any atom is 0.224 e. The van der Waals surface area contributed by atoms with Gasteiger partial charge in [0.1, 0.15) is 11.6 Å². The van der Waals surface area contributed by atoms with Crippen molar-refractivity contribution in [1.29, 1.82) is 0 Å². The molecule has 0 aliphatic carbocycles. The maximum absolute atomic E-state index is 13.9. The van der Waals surface area contributed by atoms with E-state index in [9.17, 15) is 9.18 Å². The fourth-order valence-electron chi connectivity index (χ4n) is 3.11. The lowest BCUT2D eigenvalue weighted by molar-refractivity contribution is -0.116. The molecule has 0 bridgehead atoms. The molecule has 138 valence electrons. The molecule has 0 radical (unpaired) electrons. The highest BCUT2D eigenvalue weighted by atomic mass is 19.1. The van der Waals surface area contributed by atoms with Gasteiger partial charge in [-0.2, -0.15) is 0 Å². The summed E-state index contributed by atoms with van der Waals surface area (Å²) in [6.45, 7) is 7.08.